The van der Waals surface area contributed by atoms with Crippen molar-refractivity contribution < 1.29 is 9.53 Å². The number of aromatic nitrogens is 3. The number of halogens is 1. The van der Waals surface area contributed by atoms with Crippen LogP contribution in [0.2, 0.25) is 0 Å². The fraction of sp³-hybridized carbons (Fsp3) is 0.500. The highest BCUT2D eigenvalue weighted by Crippen LogP contribution is 2.23. The summed E-state index contributed by atoms with van der Waals surface area (Å²) in [5.41, 5.74) is 1.15. The number of benzene rings is 1. The molecule has 2 aromatic rings. The fourth-order valence-corrected chi connectivity index (χ4v) is 2.85. The van der Waals surface area contributed by atoms with Gasteiger partial charge in [-0.05, 0) is 51.9 Å². The van der Waals surface area contributed by atoms with E-state index in [2.05, 4.69) is 20.7 Å². The molecule has 1 saturated heterocycles. The second-order valence-corrected chi connectivity index (χ2v) is 6.50. The molecule has 1 aromatic heterocycles. The van der Waals surface area contributed by atoms with Gasteiger partial charge in [-0.2, -0.15) is 10.1 Å². The number of hydrogen-bond donors (Lipinski definition) is 2. The van der Waals surface area contributed by atoms with E-state index in [0.717, 1.165) is 37.3 Å². The van der Waals surface area contributed by atoms with Crippen LogP contribution in [0.3, 0.4) is 0 Å². The molecular weight excluding hydrogens is 354 g/mol. The maximum Gasteiger partial charge on any atom is 0.267 e. The standard InChI is InChI=1S/C18H25N5O2.ClH/c1-12-4-6-15(7-5-12)25-13(2)17(24)21-18-20-16(22-23(18)3)14-8-10-19-11-9-14;/h4-7,13-14,19H,8-11H2,1-3H3,(H,20,21,22,24);1H. The van der Waals surface area contributed by atoms with E-state index in [1.807, 2.05) is 31.2 Å². The minimum atomic E-state index is -0.623. The van der Waals surface area contributed by atoms with E-state index in [1.165, 1.54) is 0 Å². The number of aryl methyl sites for hydroxylation is 2. The quantitative estimate of drug-likeness (QED) is 0.833. The summed E-state index contributed by atoms with van der Waals surface area (Å²) in [5, 5.41) is 10.6. The van der Waals surface area contributed by atoms with Crippen LogP contribution in [0.5, 0.6) is 5.75 Å². The molecule has 1 fully saturated rings. The second-order valence-electron chi connectivity index (χ2n) is 6.50. The molecule has 2 N–H and O–H groups in total. The van der Waals surface area contributed by atoms with E-state index in [0.29, 0.717) is 17.6 Å². The van der Waals surface area contributed by atoms with Crippen LogP contribution in [0.1, 0.15) is 37.1 Å². The summed E-state index contributed by atoms with van der Waals surface area (Å²) in [7, 11) is 1.79. The Morgan fingerprint density at radius 1 is 1.31 bits per heavy atom. The Morgan fingerprint density at radius 2 is 1.96 bits per heavy atom. The summed E-state index contributed by atoms with van der Waals surface area (Å²) in [6, 6.07) is 7.62. The third-order valence-corrected chi connectivity index (χ3v) is 4.42. The van der Waals surface area contributed by atoms with Crippen molar-refractivity contribution in [2.75, 3.05) is 18.4 Å². The van der Waals surface area contributed by atoms with Gasteiger partial charge in [0.25, 0.3) is 5.91 Å². The van der Waals surface area contributed by atoms with E-state index in [9.17, 15) is 4.79 Å². The molecule has 0 radical (unpaired) electrons. The van der Waals surface area contributed by atoms with Gasteiger partial charge in [0, 0.05) is 13.0 Å². The predicted octanol–water partition coefficient (Wildman–Crippen LogP) is 2.42. The van der Waals surface area contributed by atoms with Crippen molar-refractivity contribution in [1.29, 1.82) is 0 Å². The molecule has 1 aliphatic heterocycles. The first-order valence-corrected chi connectivity index (χ1v) is 8.69. The molecule has 1 aromatic carbocycles. The van der Waals surface area contributed by atoms with Crippen LogP contribution in [0.25, 0.3) is 0 Å². The van der Waals surface area contributed by atoms with Gasteiger partial charge in [0.05, 0.1) is 0 Å². The number of amides is 1. The minimum Gasteiger partial charge on any atom is -0.481 e. The molecule has 1 atom stereocenters. The van der Waals surface area contributed by atoms with E-state index in [4.69, 9.17) is 4.74 Å². The van der Waals surface area contributed by atoms with Crippen LogP contribution >= 0.6 is 12.4 Å². The van der Waals surface area contributed by atoms with Crippen LogP contribution in [0.15, 0.2) is 24.3 Å². The zero-order valence-electron chi connectivity index (χ0n) is 15.4. The summed E-state index contributed by atoms with van der Waals surface area (Å²) in [5.74, 6) is 2.03. The van der Waals surface area contributed by atoms with Gasteiger partial charge in [-0.3, -0.25) is 10.1 Å². The average Bonchev–Trinajstić information content (AvgIpc) is 2.98. The molecule has 1 amide bonds. The van der Waals surface area contributed by atoms with Crippen molar-refractivity contribution in [2.24, 2.45) is 7.05 Å². The third kappa shape index (κ3) is 4.95. The summed E-state index contributed by atoms with van der Waals surface area (Å²) in [6.07, 6.45) is 1.41. The monoisotopic (exact) mass is 379 g/mol. The highest BCUT2D eigenvalue weighted by molar-refractivity contribution is 5.92. The highest BCUT2D eigenvalue weighted by Gasteiger charge is 2.22. The van der Waals surface area contributed by atoms with Crippen LogP contribution in [-0.4, -0.2) is 39.9 Å². The van der Waals surface area contributed by atoms with E-state index < -0.39 is 6.10 Å². The van der Waals surface area contributed by atoms with E-state index in [1.54, 1.807) is 18.7 Å². The fourth-order valence-electron chi connectivity index (χ4n) is 2.85. The molecule has 8 heteroatoms. The SMILES string of the molecule is Cc1ccc(OC(C)C(=O)Nc2nc(C3CCNCC3)nn2C)cc1.Cl. The summed E-state index contributed by atoms with van der Waals surface area (Å²) >= 11 is 0. The van der Waals surface area contributed by atoms with E-state index in [-0.39, 0.29) is 18.3 Å². The van der Waals surface area contributed by atoms with Gasteiger partial charge in [-0.1, -0.05) is 17.7 Å². The number of nitrogens with zero attached hydrogens (tertiary/aromatic N) is 3. The Morgan fingerprint density at radius 3 is 2.62 bits per heavy atom. The van der Waals surface area contributed by atoms with Crippen LogP contribution < -0.4 is 15.4 Å². The zero-order chi connectivity index (χ0) is 17.8. The van der Waals surface area contributed by atoms with Crippen molar-refractivity contribution in [3.05, 3.63) is 35.7 Å². The first-order chi connectivity index (χ1) is 12.0. The van der Waals surface area contributed by atoms with Crippen molar-refractivity contribution in [2.45, 2.75) is 38.7 Å². The molecule has 3 rings (SSSR count). The predicted molar refractivity (Wildman–Crippen MR) is 103 cm³/mol. The molecule has 0 bridgehead atoms. The number of piperidine rings is 1. The summed E-state index contributed by atoms with van der Waals surface area (Å²) in [4.78, 5) is 16.9. The number of anilines is 1. The Hall–Kier alpha value is -2.12. The molecule has 7 nitrogen and oxygen atoms in total. The molecule has 0 spiro atoms. The Labute approximate surface area is 159 Å². The lowest BCUT2D eigenvalue weighted by Crippen LogP contribution is -2.31. The maximum absolute atomic E-state index is 12.4. The van der Waals surface area contributed by atoms with Crippen LogP contribution in [0.4, 0.5) is 5.95 Å². The number of ether oxygens (including phenoxy) is 1. The van der Waals surface area contributed by atoms with Crippen LogP contribution in [-0.2, 0) is 11.8 Å². The van der Waals surface area contributed by atoms with Crippen molar-refractivity contribution >= 4 is 24.3 Å². The largest absolute Gasteiger partial charge is 0.481 e. The second kappa shape index (κ2) is 9.00. The Kier molecular flexibility index (Phi) is 6.99. The lowest BCUT2D eigenvalue weighted by molar-refractivity contribution is -0.122. The smallest absolute Gasteiger partial charge is 0.267 e. The third-order valence-electron chi connectivity index (χ3n) is 4.42. The van der Waals surface area contributed by atoms with Gasteiger partial charge in [0.1, 0.15) is 5.75 Å². The molecular formula is C18H26ClN5O2. The number of nitrogens with one attached hydrogen (secondary N) is 2. The first-order valence-electron chi connectivity index (χ1n) is 8.69. The van der Waals surface area contributed by atoms with E-state index >= 15 is 0 Å². The topological polar surface area (TPSA) is 81.1 Å². The van der Waals surface area contributed by atoms with Crippen molar-refractivity contribution in [1.82, 2.24) is 20.1 Å². The molecule has 0 aliphatic carbocycles. The number of hydrogen-bond acceptors (Lipinski definition) is 5. The molecule has 1 aliphatic rings. The lowest BCUT2D eigenvalue weighted by Gasteiger charge is -2.19. The maximum atomic E-state index is 12.4. The molecule has 142 valence electrons. The van der Waals surface area contributed by atoms with Gasteiger partial charge in [0.2, 0.25) is 5.95 Å². The minimum absolute atomic E-state index is 0. The number of rotatable bonds is 5. The van der Waals surface area contributed by atoms with Gasteiger partial charge in [0.15, 0.2) is 11.9 Å². The molecule has 2 heterocycles. The van der Waals surface area contributed by atoms with Gasteiger partial charge >= 0.3 is 0 Å². The van der Waals surface area contributed by atoms with Crippen LogP contribution in [0, 0.1) is 6.92 Å². The van der Waals surface area contributed by atoms with Crippen molar-refractivity contribution in [3.8, 4) is 5.75 Å². The Bertz CT molecular complexity index is 726. The first kappa shape index (κ1) is 20.2. The molecule has 1 unspecified atom stereocenters. The summed E-state index contributed by atoms with van der Waals surface area (Å²) in [6.45, 7) is 5.69. The summed E-state index contributed by atoms with van der Waals surface area (Å²) < 4.78 is 7.31. The number of carbonyl (C=O) groups is 1. The molecule has 26 heavy (non-hydrogen) atoms. The van der Waals surface area contributed by atoms with Gasteiger partial charge in [-0.25, -0.2) is 4.68 Å². The average molecular weight is 380 g/mol. The van der Waals surface area contributed by atoms with Gasteiger partial charge in [-0.15, -0.1) is 12.4 Å². The zero-order valence-corrected chi connectivity index (χ0v) is 16.2. The normalized spacial score (nSPS) is 15.8. The van der Waals surface area contributed by atoms with Crippen molar-refractivity contribution in [3.63, 3.8) is 0 Å². The lowest BCUT2D eigenvalue weighted by atomic mass is 9.98. The van der Waals surface area contributed by atoms with Gasteiger partial charge < -0.3 is 10.1 Å². The Balaban J connectivity index is 0.00000243. The molecule has 0 saturated carbocycles. The highest BCUT2D eigenvalue weighted by atomic mass is 35.5. The number of carbonyl (C=O) groups excluding carboxylic acids is 1.